The van der Waals surface area contributed by atoms with Gasteiger partial charge in [0.1, 0.15) is 11.4 Å². The van der Waals surface area contributed by atoms with Crippen LogP contribution in [0.1, 0.15) is 38.1 Å². The Hall–Kier alpha value is -4.00. The number of nitrogens with zero attached hydrogens (tertiary/aromatic N) is 1. The van der Waals surface area contributed by atoms with E-state index in [1.54, 1.807) is 48.5 Å². The highest BCUT2D eigenvalue weighted by atomic mass is 16.5. The van der Waals surface area contributed by atoms with Gasteiger partial charge >= 0.3 is 0 Å². The molecule has 2 aromatic carbocycles. The fraction of sp³-hybridized carbons (Fsp3) is 0.0909. The van der Waals surface area contributed by atoms with Crippen molar-refractivity contribution in [3.8, 4) is 5.75 Å². The van der Waals surface area contributed by atoms with Crippen molar-refractivity contribution in [2.45, 2.75) is 6.92 Å². The second-order valence-electron chi connectivity index (χ2n) is 6.18. The Morgan fingerprint density at radius 1 is 0.862 bits per heavy atom. The monoisotopic (exact) mass is 389 g/mol. The first-order valence-electron chi connectivity index (χ1n) is 8.80. The molecule has 7 heteroatoms. The first-order valence-corrected chi connectivity index (χ1v) is 8.80. The first-order chi connectivity index (χ1) is 14.0. The van der Waals surface area contributed by atoms with Crippen LogP contribution in [0.3, 0.4) is 0 Å². The van der Waals surface area contributed by atoms with E-state index in [0.717, 1.165) is 0 Å². The number of Topliss-reactive ketones (excluding diaryl/α,β-unsaturated/α-hetero) is 1. The van der Waals surface area contributed by atoms with Crippen LogP contribution in [-0.2, 0) is 0 Å². The van der Waals surface area contributed by atoms with Crippen LogP contribution < -0.4 is 15.4 Å². The van der Waals surface area contributed by atoms with Gasteiger partial charge in [-0.15, -0.1) is 0 Å². The molecule has 0 radical (unpaired) electrons. The third-order valence-electron chi connectivity index (χ3n) is 4.14. The second kappa shape index (κ2) is 8.79. The number of carbonyl (C=O) groups excluding carboxylic acids is 3. The Morgan fingerprint density at radius 3 is 2.41 bits per heavy atom. The fourth-order valence-electron chi connectivity index (χ4n) is 2.65. The van der Waals surface area contributed by atoms with E-state index in [2.05, 4.69) is 15.6 Å². The maximum absolute atomic E-state index is 12.6. The molecule has 0 spiro atoms. The number of hydrogen-bond acceptors (Lipinski definition) is 5. The van der Waals surface area contributed by atoms with Crippen LogP contribution in [0, 0.1) is 0 Å². The summed E-state index contributed by atoms with van der Waals surface area (Å²) in [6, 6.07) is 16.5. The number of para-hydroxylation sites is 2. The van der Waals surface area contributed by atoms with Gasteiger partial charge in [0.25, 0.3) is 11.8 Å². The molecule has 0 unspecified atom stereocenters. The lowest BCUT2D eigenvalue weighted by Crippen LogP contribution is -2.17. The normalized spacial score (nSPS) is 10.1. The zero-order chi connectivity index (χ0) is 20.8. The topological polar surface area (TPSA) is 97.4 Å². The van der Waals surface area contributed by atoms with Gasteiger partial charge in [-0.25, -0.2) is 0 Å². The molecular formula is C22H19N3O4. The number of benzene rings is 2. The Bertz CT molecular complexity index is 1080. The number of anilines is 2. The molecule has 0 atom stereocenters. The number of pyridine rings is 1. The number of amides is 2. The molecule has 1 aromatic heterocycles. The molecule has 0 aliphatic rings. The van der Waals surface area contributed by atoms with Crippen LogP contribution in [-0.4, -0.2) is 29.7 Å². The third kappa shape index (κ3) is 4.84. The second-order valence-corrected chi connectivity index (χ2v) is 6.18. The largest absolute Gasteiger partial charge is 0.495 e. The van der Waals surface area contributed by atoms with Gasteiger partial charge in [0.2, 0.25) is 0 Å². The van der Waals surface area contributed by atoms with E-state index in [-0.39, 0.29) is 17.0 Å². The molecule has 2 amide bonds. The van der Waals surface area contributed by atoms with Crippen molar-refractivity contribution in [2.75, 3.05) is 17.7 Å². The van der Waals surface area contributed by atoms with Crippen molar-refractivity contribution in [1.82, 2.24) is 4.98 Å². The molecule has 29 heavy (non-hydrogen) atoms. The summed E-state index contributed by atoms with van der Waals surface area (Å²) in [7, 11) is 1.51. The van der Waals surface area contributed by atoms with Gasteiger partial charge in [-0.3, -0.25) is 19.4 Å². The summed E-state index contributed by atoms with van der Waals surface area (Å²) in [4.78, 5) is 40.6. The molecular weight excluding hydrogens is 370 g/mol. The average molecular weight is 389 g/mol. The number of carbonyl (C=O) groups is 3. The zero-order valence-electron chi connectivity index (χ0n) is 15.9. The quantitative estimate of drug-likeness (QED) is 0.625. The lowest BCUT2D eigenvalue weighted by Gasteiger charge is -2.10. The summed E-state index contributed by atoms with van der Waals surface area (Å²) in [5.74, 6) is -0.463. The Morgan fingerprint density at radius 2 is 1.66 bits per heavy atom. The van der Waals surface area contributed by atoms with Gasteiger partial charge < -0.3 is 15.4 Å². The SMILES string of the molecule is COc1ccccc1NC(=O)c1ccnc(C(=O)Nc2cccc(C(C)=O)c2)c1. The average Bonchev–Trinajstić information content (AvgIpc) is 2.74. The number of methoxy groups -OCH3 is 1. The molecule has 7 nitrogen and oxygen atoms in total. The lowest BCUT2D eigenvalue weighted by atomic mass is 10.1. The summed E-state index contributed by atoms with van der Waals surface area (Å²) in [5.41, 5.74) is 1.82. The zero-order valence-corrected chi connectivity index (χ0v) is 15.9. The van der Waals surface area contributed by atoms with Gasteiger partial charge in [-0.2, -0.15) is 0 Å². The van der Waals surface area contributed by atoms with Crippen molar-refractivity contribution in [2.24, 2.45) is 0 Å². The minimum absolute atomic E-state index is 0.0749. The standard InChI is InChI=1S/C22H19N3O4/c1-14(26)15-6-5-7-17(12-15)24-22(28)19-13-16(10-11-23-19)21(27)25-18-8-3-4-9-20(18)29-2/h3-13H,1-2H3,(H,24,28)(H,25,27). The van der Waals surface area contributed by atoms with E-state index in [1.807, 2.05) is 0 Å². The molecule has 0 saturated carbocycles. The Labute approximate surface area is 167 Å². The first kappa shape index (κ1) is 19.8. The van der Waals surface area contributed by atoms with Gasteiger partial charge in [0.05, 0.1) is 12.8 Å². The summed E-state index contributed by atoms with van der Waals surface area (Å²) in [6.45, 7) is 1.45. The van der Waals surface area contributed by atoms with Crippen LogP contribution in [0.15, 0.2) is 66.9 Å². The van der Waals surface area contributed by atoms with Gasteiger partial charge in [-0.1, -0.05) is 24.3 Å². The number of hydrogen-bond donors (Lipinski definition) is 2. The van der Waals surface area contributed by atoms with Crippen LogP contribution in [0.4, 0.5) is 11.4 Å². The molecule has 0 bridgehead atoms. The predicted molar refractivity (Wildman–Crippen MR) is 110 cm³/mol. The van der Waals surface area contributed by atoms with E-state index < -0.39 is 11.8 Å². The number of nitrogens with one attached hydrogen (secondary N) is 2. The van der Waals surface area contributed by atoms with E-state index >= 15 is 0 Å². The van der Waals surface area contributed by atoms with E-state index in [4.69, 9.17) is 4.74 Å². The minimum Gasteiger partial charge on any atom is -0.495 e. The lowest BCUT2D eigenvalue weighted by molar-refractivity contribution is 0.100. The van der Waals surface area contributed by atoms with Gasteiger partial charge in [-0.05, 0) is 43.3 Å². The van der Waals surface area contributed by atoms with E-state index in [0.29, 0.717) is 22.7 Å². The van der Waals surface area contributed by atoms with Crippen molar-refractivity contribution in [3.05, 3.63) is 83.7 Å². The summed E-state index contributed by atoms with van der Waals surface area (Å²) in [5, 5.41) is 5.43. The number of rotatable bonds is 6. The van der Waals surface area contributed by atoms with Crippen molar-refractivity contribution < 1.29 is 19.1 Å². The maximum Gasteiger partial charge on any atom is 0.274 e. The molecule has 0 fully saturated rings. The highest BCUT2D eigenvalue weighted by Gasteiger charge is 2.14. The fourth-order valence-corrected chi connectivity index (χ4v) is 2.65. The van der Waals surface area contributed by atoms with Crippen LogP contribution in [0.25, 0.3) is 0 Å². The molecule has 0 aliphatic carbocycles. The third-order valence-corrected chi connectivity index (χ3v) is 4.14. The highest BCUT2D eigenvalue weighted by molar-refractivity contribution is 6.08. The molecule has 0 saturated heterocycles. The minimum atomic E-state index is -0.488. The van der Waals surface area contributed by atoms with Crippen LogP contribution in [0.5, 0.6) is 5.75 Å². The number of ketones is 1. The van der Waals surface area contributed by atoms with E-state index in [9.17, 15) is 14.4 Å². The molecule has 3 aromatic rings. The van der Waals surface area contributed by atoms with Crippen LogP contribution >= 0.6 is 0 Å². The Kier molecular flexibility index (Phi) is 5.99. The van der Waals surface area contributed by atoms with Crippen molar-refractivity contribution >= 4 is 29.0 Å². The van der Waals surface area contributed by atoms with Gasteiger partial charge in [0.15, 0.2) is 5.78 Å². The summed E-state index contributed by atoms with van der Waals surface area (Å²) in [6.07, 6.45) is 1.39. The van der Waals surface area contributed by atoms with Crippen molar-refractivity contribution in [1.29, 1.82) is 0 Å². The molecule has 3 rings (SSSR count). The van der Waals surface area contributed by atoms with Crippen molar-refractivity contribution in [3.63, 3.8) is 0 Å². The molecule has 1 heterocycles. The molecule has 146 valence electrons. The smallest absolute Gasteiger partial charge is 0.274 e. The molecule has 2 N–H and O–H groups in total. The predicted octanol–water partition coefficient (Wildman–Crippen LogP) is 3.80. The maximum atomic E-state index is 12.6. The molecule has 0 aliphatic heterocycles. The number of ether oxygens (including phenoxy) is 1. The van der Waals surface area contributed by atoms with E-state index in [1.165, 1.54) is 32.4 Å². The Balaban J connectivity index is 1.76. The summed E-state index contributed by atoms with van der Waals surface area (Å²) >= 11 is 0. The van der Waals surface area contributed by atoms with Crippen LogP contribution in [0.2, 0.25) is 0 Å². The van der Waals surface area contributed by atoms with Gasteiger partial charge in [0, 0.05) is 23.0 Å². The highest BCUT2D eigenvalue weighted by Crippen LogP contribution is 2.23. The summed E-state index contributed by atoms with van der Waals surface area (Å²) < 4.78 is 5.22. The number of aromatic nitrogens is 1.